The van der Waals surface area contributed by atoms with Gasteiger partial charge in [0.25, 0.3) is 0 Å². The van der Waals surface area contributed by atoms with Gasteiger partial charge in [0.1, 0.15) is 0 Å². The summed E-state index contributed by atoms with van der Waals surface area (Å²) in [4.78, 5) is 14.7. The quantitative estimate of drug-likeness (QED) is 0.382. The highest BCUT2D eigenvalue weighted by molar-refractivity contribution is 7.99. The Morgan fingerprint density at radius 3 is 2.67 bits per heavy atom. The van der Waals surface area contributed by atoms with E-state index in [2.05, 4.69) is 4.98 Å². The lowest BCUT2D eigenvalue weighted by Crippen LogP contribution is -2.31. The highest BCUT2D eigenvalue weighted by atomic mass is 32.2. The van der Waals surface area contributed by atoms with Gasteiger partial charge in [-0.2, -0.15) is 13.2 Å². The van der Waals surface area contributed by atoms with Gasteiger partial charge in [0.2, 0.25) is 5.91 Å². The van der Waals surface area contributed by atoms with Crippen LogP contribution in [-0.2, 0) is 11.0 Å². The minimum absolute atomic E-state index is 0.127. The maximum Gasteiger partial charge on any atom is 0.417 e. The van der Waals surface area contributed by atoms with Crippen LogP contribution in [-0.4, -0.2) is 16.1 Å². The molecule has 0 saturated heterocycles. The van der Waals surface area contributed by atoms with Crippen LogP contribution >= 0.6 is 11.8 Å². The topological polar surface area (TPSA) is 68.0 Å². The SMILES string of the molecule is CC(CC(=O)NN)Sc1ccc(C(F)(F)F)cn1. The summed E-state index contributed by atoms with van der Waals surface area (Å²) in [6, 6.07) is 2.25. The second-order valence-electron chi connectivity index (χ2n) is 3.58. The van der Waals surface area contributed by atoms with E-state index in [1.165, 1.54) is 17.8 Å². The van der Waals surface area contributed by atoms with Gasteiger partial charge in [-0.05, 0) is 12.1 Å². The second kappa shape index (κ2) is 6.05. The van der Waals surface area contributed by atoms with Crippen molar-refractivity contribution in [3.63, 3.8) is 0 Å². The summed E-state index contributed by atoms with van der Waals surface area (Å²) in [7, 11) is 0. The van der Waals surface area contributed by atoms with Crippen LogP contribution in [0.25, 0.3) is 0 Å². The number of rotatable bonds is 4. The van der Waals surface area contributed by atoms with Gasteiger partial charge in [-0.1, -0.05) is 6.92 Å². The zero-order valence-corrected chi connectivity index (χ0v) is 10.3. The van der Waals surface area contributed by atoms with Crippen molar-refractivity contribution in [3.05, 3.63) is 23.9 Å². The molecule has 1 amide bonds. The van der Waals surface area contributed by atoms with Gasteiger partial charge in [0, 0.05) is 17.9 Å². The van der Waals surface area contributed by atoms with Gasteiger partial charge in [-0.25, -0.2) is 10.8 Å². The normalized spacial score (nSPS) is 13.2. The molecule has 1 heterocycles. The third kappa shape index (κ3) is 4.53. The van der Waals surface area contributed by atoms with E-state index in [0.717, 1.165) is 12.3 Å². The average Bonchev–Trinajstić information content (AvgIpc) is 2.28. The van der Waals surface area contributed by atoms with Crippen molar-refractivity contribution in [1.82, 2.24) is 10.4 Å². The van der Waals surface area contributed by atoms with Gasteiger partial charge in [-0.15, -0.1) is 11.8 Å². The van der Waals surface area contributed by atoms with Gasteiger partial charge in [0.05, 0.1) is 10.6 Å². The predicted molar refractivity (Wildman–Crippen MR) is 61.5 cm³/mol. The molecule has 3 N–H and O–H groups in total. The monoisotopic (exact) mass is 279 g/mol. The molecule has 1 atom stereocenters. The summed E-state index contributed by atoms with van der Waals surface area (Å²) >= 11 is 1.21. The molecule has 1 aromatic heterocycles. The van der Waals surface area contributed by atoms with E-state index in [1.54, 1.807) is 6.92 Å². The molecule has 1 unspecified atom stereocenters. The summed E-state index contributed by atoms with van der Waals surface area (Å²) in [5.41, 5.74) is 1.20. The summed E-state index contributed by atoms with van der Waals surface area (Å²) in [6.07, 6.45) is -3.44. The molecule has 0 spiro atoms. The van der Waals surface area contributed by atoms with Crippen molar-refractivity contribution >= 4 is 17.7 Å². The number of carbonyl (C=O) groups is 1. The molecule has 0 radical (unpaired) electrons. The van der Waals surface area contributed by atoms with Crippen LogP contribution in [0, 0.1) is 0 Å². The van der Waals surface area contributed by atoms with E-state index < -0.39 is 11.7 Å². The van der Waals surface area contributed by atoms with Crippen LogP contribution in [0.15, 0.2) is 23.4 Å². The second-order valence-corrected chi connectivity index (χ2v) is 5.04. The molecule has 0 aliphatic carbocycles. The third-order valence-electron chi connectivity index (χ3n) is 2.02. The lowest BCUT2D eigenvalue weighted by Gasteiger charge is -2.10. The molecule has 1 aromatic rings. The minimum Gasteiger partial charge on any atom is -0.294 e. The summed E-state index contributed by atoms with van der Waals surface area (Å²) in [6.45, 7) is 1.76. The van der Waals surface area contributed by atoms with E-state index >= 15 is 0 Å². The molecular formula is C10H12F3N3OS. The number of amides is 1. The van der Waals surface area contributed by atoms with E-state index in [0.29, 0.717) is 5.03 Å². The Kier molecular flexibility index (Phi) is 4.97. The average molecular weight is 279 g/mol. The maximum atomic E-state index is 12.3. The van der Waals surface area contributed by atoms with E-state index in [1.807, 2.05) is 5.43 Å². The largest absolute Gasteiger partial charge is 0.417 e. The lowest BCUT2D eigenvalue weighted by atomic mass is 10.3. The molecule has 100 valence electrons. The number of hydrogen-bond donors (Lipinski definition) is 2. The van der Waals surface area contributed by atoms with Crippen LogP contribution in [0.4, 0.5) is 13.2 Å². The Hall–Kier alpha value is -1.28. The maximum absolute atomic E-state index is 12.3. The van der Waals surface area contributed by atoms with Crippen molar-refractivity contribution < 1.29 is 18.0 Å². The minimum atomic E-state index is -4.39. The number of pyridine rings is 1. The number of hydrazine groups is 1. The molecule has 0 aliphatic heterocycles. The molecule has 4 nitrogen and oxygen atoms in total. The zero-order chi connectivity index (χ0) is 13.8. The lowest BCUT2D eigenvalue weighted by molar-refractivity contribution is -0.137. The van der Waals surface area contributed by atoms with Gasteiger partial charge in [-0.3, -0.25) is 10.2 Å². The summed E-state index contributed by atoms with van der Waals surface area (Å²) in [5.74, 6) is 4.60. The highest BCUT2D eigenvalue weighted by Gasteiger charge is 2.30. The molecule has 0 aromatic carbocycles. The standard InChI is InChI=1S/C10H12F3N3OS/c1-6(4-8(17)16-14)18-9-3-2-7(5-15-9)10(11,12)13/h2-3,5-6H,4,14H2,1H3,(H,16,17). The number of aromatic nitrogens is 1. The van der Waals surface area contributed by atoms with Crippen molar-refractivity contribution in [3.8, 4) is 0 Å². The van der Waals surface area contributed by atoms with Gasteiger partial charge < -0.3 is 0 Å². The molecule has 0 saturated carbocycles. The van der Waals surface area contributed by atoms with Crippen LogP contribution in [0.5, 0.6) is 0 Å². The summed E-state index contributed by atoms with van der Waals surface area (Å²) < 4.78 is 36.9. The van der Waals surface area contributed by atoms with Gasteiger partial charge in [0.15, 0.2) is 0 Å². The summed E-state index contributed by atoms with van der Waals surface area (Å²) in [5, 5.41) is 0.304. The van der Waals surface area contributed by atoms with Crippen LogP contribution < -0.4 is 11.3 Å². The highest BCUT2D eigenvalue weighted by Crippen LogP contribution is 2.30. The Morgan fingerprint density at radius 2 is 2.22 bits per heavy atom. The Labute approximate surface area is 106 Å². The first-order valence-electron chi connectivity index (χ1n) is 5.02. The molecular weight excluding hydrogens is 267 g/mol. The number of nitrogens with zero attached hydrogens (tertiary/aromatic N) is 1. The van der Waals surface area contributed by atoms with E-state index in [9.17, 15) is 18.0 Å². The Morgan fingerprint density at radius 1 is 1.56 bits per heavy atom. The van der Waals surface area contributed by atoms with Crippen molar-refractivity contribution in [2.45, 2.75) is 29.8 Å². The fourth-order valence-electron chi connectivity index (χ4n) is 1.19. The molecule has 0 bridgehead atoms. The third-order valence-corrected chi connectivity index (χ3v) is 3.07. The number of alkyl halides is 3. The number of carbonyl (C=O) groups excluding carboxylic acids is 1. The zero-order valence-electron chi connectivity index (χ0n) is 9.49. The van der Waals surface area contributed by atoms with E-state index in [-0.39, 0.29) is 17.6 Å². The number of halogens is 3. The fourth-order valence-corrected chi connectivity index (χ4v) is 2.09. The van der Waals surface area contributed by atoms with E-state index in [4.69, 9.17) is 5.84 Å². The smallest absolute Gasteiger partial charge is 0.294 e. The Balaban J connectivity index is 2.61. The number of hydrogen-bond acceptors (Lipinski definition) is 4. The number of nitrogens with one attached hydrogen (secondary N) is 1. The van der Waals surface area contributed by atoms with Crippen LogP contribution in [0.2, 0.25) is 0 Å². The van der Waals surface area contributed by atoms with Crippen molar-refractivity contribution in [2.24, 2.45) is 5.84 Å². The first-order chi connectivity index (χ1) is 8.32. The Bertz CT molecular complexity index is 408. The number of thioether (sulfide) groups is 1. The van der Waals surface area contributed by atoms with Crippen molar-refractivity contribution in [1.29, 1.82) is 0 Å². The first-order valence-corrected chi connectivity index (χ1v) is 5.90. The van der Waals surface area contributed by atoms with Crippen molar-refractivity contribution in [2.75, 3.05) is 0 Å². The van der Waals surface area contributed by atoms with Gasteiger partial charge >= 0.3 is 6.18 Å². The molecule has 1 rings (SSSR count). The fraction of sp³-hybridized carbons (Fsp3) is 0.400. The molecule has 8 heteroatoms. The predicted octanol–water partition coefficient (Wildman–Crippen LogP) is 1.96. The van der Waals surface area contributed by atoms with Crippen LogP contribution in [0.3, 0.4) is 0 Å². The first kappa shape index (κ1) is 14.8. The molecule has 0 fully saturated rings. The molecule has 18 heavy (non-hydrogen) atoms. The van der Waals surface area contributed by atoms with Crippen LogP contribution in [0.1, 0.15) is 18.9 Å². The number of nitrogens with two attached hydrogens (primary N) is 1. The molecule has 0 aliphatic rings.